The van der Waals surface area contributed by atoms with Crippen molar-refractivity contribution in [2.45, 2.75) is 5.66 Å². The second kappa shape index (κ2) is 5.68. The van der Waals surface area contributed by atoms with E-state index in [2.05, 4.69) is 12.2 Å². The molecule has 0 radical (unpaired) electrons. The zero-order valence-electron chi connectivity index (χ0n) is 10.7. The van der Waals surface area contributed by atoms with Gasteiger partial charge in [-0.05, 0) is 42.8 Å². The first-order valence-corrected chi connectivity index (χ1v) is 7.80. The molecule has 0 bridgehead atoms. The Balaban J connectivity index is 2.08. The van der Waals surface area contributed by atoms with Crippen LogP contribution in [0, 0.1) is 11.6 Å². The normalized spacial score (nSPS) is 14.3. The number of rotatable bonds is 3. The van der Waals surface area contributed by atoms with Gasteiger partial charge in [-0.3, -0.25) is 0 Å². The molecule has 0 amide bonds. The van der Waals surface area contributed by atoms with Crippen LogP contribution in [0.3, 0.4) is 0 Å². The monoisotopic (exact) mass is 286 g/mol. The van der Waals surface area contributed by atoms with Gasteiger partial charge < -0.3 is 0 Å². The van der Waals surface area contributed by atoms with E-state index in [9.17, 15) is 8.78 Å². The summed E-state index contributed by atoms with van der Waals surface area (Å²) >= 11 is 0. The van der Waals surface area contributed by atoms with Gasteiger partial charge in [0.05, 0.1) is 0 Å². The minimum absolute atomic E-state index is 0.189. The Labute approximate surface area is 118 Å². The largest absolute Gasteiger partial charge is 0.207 e. The van der Waals surface area contributed by atoms with Gasteiger partial charge in [0, 0.05) is 5.66 Å². The smallest absolute Gasteiger partial charge is 0.123 e. The van der Waals surface area contributed by atoms with Crippen LogP contribution in [0.4, 0.5) is 8.78 Å². The van der Waals surface area contributed by atoms with Gasteiger partial charge >= 0.3 is 0 Å². The van der Waals surface area contributed by atoms with Crippen molar-refractivity contribution in [1.29, 1.82) is 0 Å². The van der Waals surface area contributed by atoms with Crippen LogP contribution in [0.1, 0.15) is 0 Å². The van der Waals surface area contributed by atoms with Gasteiger partial charge in [0.25, 0.3) is 0 Å². The Kier molecular flexibility index (Phi) is 3.75. The minimum atomic E-state index is -0.838. The van der Waals surface area contributed by atoms with Crippen LogP contribution in [-0.4, -0.2) is 5.66 Å². The van der Waals surface area contributed by atoms with Gasteiger partial charge in [0.15, 0.2) is 0 Å². The zero-order valence-corrected chi connectivity index (χ0v) is 11.6. The summed E-state index contributed by atoms with van der Waals surface area (Å²) in [7, 11) is -0.838. The molecule has 3 heteroatoms. The van der Waals surface area contributed by atoms with E-state index >= 15 is 0 Å². The molecule has 0 spiro atoms. The molecule has 0 aromatic heterocycles. The first kappa shape index (κ1) is 13.2. The molecule has 0 nitrogen and oxygen atoms in total. The second-order valence-electron chi connectivity index (χ2n) is 4.59. The summed E-state index contributed by atoms with van der Waals surface area (Å²) in [4.78, 5) is 0. The highest BCUT2D eigenvalue weighted by Crippen LogP contribution is 2.42. The number of benzene rings is 2. The van der Waals surface area contributed by atoms with Crippen molar-refractivity contribution in [3.05, 3.63) is 84.5 Å². The maximum atomic E-state index is 13.5. The fraction of sp³-hybridized carbons (Fsp3) is 0.0588. The number of hydrogen-bond donors (Lipinski definition) is 0. The Morgan fingerprint density at radius 3 is 1.70 bits per heavy atom. The average Bonchev–Trinajstić information content (AvgIpc) is 2.93. The molecule has 0 saturated carbocycles. The molecule has 2 aromatic carbocycles. The van der Waals surface area contributed by atoms with Crippen LogP contribution in [0.2, 0.25) is 0 Å². The van der Waals surface area contributed by atoms with E-state index in [1.54, 1.807) is 24.3 Å². The van der Waals surface area contributed by atoms with E-state index in [0.717, 1.165) is 10.6 Å². The average molecular weight is 286 g/mol. The van der Waals surface area contributed by atoms with E-state index in [0.29, 0.717) is 0 Å². The Bertz CT molecular complexity index is 619. The first-order valence-electron chi connectivity index (χ1n) is 6.39. The predicted octanol–water partition coefficient (Wildman–Crippen LogP) is 3.89. The molecule has 0 unspecified atom stereocenters. The Morgan fingerprint density at radius 2 is 1.25 bits per heavy atom. The van der Waals surface area contributed by atoms with Crippen molar-refractivity contribution < 1.29 is 8.78 Å². The van der Waals surface area contributed by atoms with Gasteiger partial charge in [-0.1, -0.05) is 48.6 Å². The highest BCUT2D eigenvalue weighted by molar-refractivity contribution is 7.74. The molecule has 3 rings (SSSR count). The van der Waals surface area contributed by atoms with E-state index in [1.807, 2.05) is 24.3 Å². The van der Waals surface area contributed by atoms with Crippen molar-refractivity contribution in [3.8, 4) is 0 Å². The predicted molar refractivity (Wildman–Crippen MR) is 81.1 cm³/mol. The standard InChI is InChI=1S/C17H13F2P/c18-13-5-3-9-16(11-13)20(15-7-1-2-8-15)17-10-4-6-14(19)12-17/h1-12,15H. The maximum absolute atomic E-state index is 13.5. The maximum Gasteiger partial charge on any atom is 0.123 e. The van der Waals surface area contributed by atoms with E-state index < -0.39 is 7.92 Å². The lowest BCUT2D eigenvalue weighted by Crippen LogP contribution is -2.19. The van der Waals surface area contributed by atoms with E-state index in [1.165, 1.54) is 12.1 Å². The lowest BCUT2D eigenvalue weighted by Gasteiger charge is -2.23. The van der Waals surface area contributed by atoms with Crippen molar-refractivity contribution in [3.63, 3.8) is 0 Å². The second-order valence-corrected chi connectivity index (χ2v) is 6.96. The summed E-state index contributed by atoms with van der Waals surface area (Å²) in [6.45, 7) is 0. The molecule has 20 heavy (non-hydrogen) atoms. The van der Waals surface area contributed by atoms with Crippen LogP contribution in [-0.2, 0) is 0 Å². The van der Waals surface area contributed by atoms with Crippen LogP contribution < -0.4 is 10.6 Å². The summed E-state index contributed by atoms with van der Waals surface area (Å²) in [6, 6.07) is 13.2. The molecule has 100 valence electrons. The first-order chi connectivity index (χ1) is 9.74. The Hall–Kier alpha value is -1.79. The minimum Gasteiger partial charge on any atom is -0.207 e. The summed E-state index contributed by atoms with van der Waals surface area (Å²) in [5.41, 5.74) is 0.189. The third-order valence-electron chi connectivity index (χ3n) is 3.20. The van der Waals surface area contributed by atoms with Crippen LogP contribution in [0.15, 0.2) is 72.8 Å². The lowest BCUT2D eigenvalue weighted by atomic mass is 10.3. The topological polar surface area (TPSA) is 0 Å². The lowest BCUT2D eigenvalue weighted by molar-refractivity contribution is 0.629. The molecular formula is C17H13F2P. The third kappa shape index (κ3) is 2.71. The third-order valence-corrected chi connectivity index (χ3v) is 5.81. The quantitative estimate of drug-likeness (QED) is 0.751. The van der Waals surface area contributed by atoms with E-state index in [4.69, 9.17) is 0 Å². The molecule has 0 heterocycles. The summed E-state index contributed by atoms with van der Waals surface area (Å²) in [5.74, 6) is -0.505. The zero-order chi connectivity index (χ0) is 13.9. The number of allylic oxidation sites excluding steroid dienone is 4. The molecule has 2 aromatic rings. The Morgan fingerprint density at radius 1 is 0.750 bits per heavy atom. The fourth-order valence-electron chi connectivity index (χ4n) is 2.34. The molecular weight excluding hydrogens is 273 g/mol. The molecule has 0 N–H and O–H groups in total. The number of halogens is 2. The highest BCUT2D eigenvalue weighted by atomic mass is 31.1. The summed E-state index contributed by atoms with van der Waals surface area (Å²) < 4.78 is 27.0. The van der Waals surface area contributed by atoms with Crippen molar-refractivity contribution in [2.24, 2.45) is 0 Å². The van der Waals surface area contributed by atoms with Gasteiger partial charge in [-0.2, -0.15) is 0 Å². The van der Waals surface area contributed by atoms with E-state index in [-0.39, 0.29) is 17.3 Å². The summed E-state index contributed by atoms with van der Waals surface area (Å²) in [5, 5.41) is 1.85. The SMILES string of the molecule is Fc1cccc(P(c2cccc(F)c2)C2C=CC=C2)c1. The fourth-order valence-corrected chi connectivity index (χ4v) is 4.89. The highest BCUT2D eigenvalue weighted by Gasteiger charge is 2.22. The molecule has 1 aliphatic carbocycles. The van der Waals surface area contributed by atoms with Crippen molar-refractivity contribution in [2.75, 3.05) is 0 Å². The van der Waals surface area contributed by atoms with Crippen molar-refractivity contribution in [1.82, 2.24) is 0 Å². The molecule has 0 fully saturated rings. The molecule has 0 atom stereocenters. The molecule has 0 saturated heterocycles. The van der Waals surface area contributed by atoms with Crippen LogP contribution in [0.5, 0.6) is 0 Å². The van der Waals surface area contributed by atoms with Crippen molar-refractivity contribution >= 4 is 18.5 Å². The van der Waals surface area contributed by atoms with Crippen LogP contribution in [0.25, 0.3) is 0 Å². The van der Waals surface area contributed by atoms with Gasteiger partial charge in [0.1, 0.15) is 11.6 Å². The van der Waals surface area contributed by atoms with Gasteiger partial charge in [0.2, 0.25) is 0 Å². The van der Waals surface area contributed by atoms with Gasteiger partial charge in [-0.15, -0.1) is 0 Å². The van der Waals surface area contributed by atoms with Gasteiger partial charge in [-0.25, -0.2) is 8.78 Å². The van der Waals surface area contributed by atoms with Crippen LogP contribution >= 0.6 is 7.92 Å². The summed E-state index contributed by atoms with van der Waals surface area (Å²) in [6.07, 6.45) is 8.14. The molecule has 0 aliphatic heterocycles. The molecule has 1 aliphatic rings. The number of hydrogen-bond acceptors (Lipinski definition) is 0.